The zero-order chi connectivity index (χ0) is 8.81. The first-order chi connectivity index (χ1) is 5.88. The summed E-state index contributed by atoms with van der Waals surface area (Å²) >= 11 is 0. The van der Waals surface area contributed by atoms with Crippen molar-refractivity contribution in [1.82, 2.24) is 0 Å². The monoisotopic (exact) mass is 165 g/mol. The van der Waals surface area contributed by atoms with Gasteiger partial charge in [0.05, 0.1) is 17.5 Å². The van der Waals surface area contributed by atoms with Gasteiger partial charge in [-0.1, -0.05) is 18.2 Å². The van der Waals surface area contributed by atoms with Gasteiger partial charge in [0, 0.05) is 6.54 Å². The van der Waals surface area contributed by atoms with Crippen LogP contribution in [0, 0.1) is 4.91 Å². The van der Waals surface area contributed by atoms with E-state index in [0.29, 0.717) is 13.1 Å². The molecular formula is C8H11N3O. The number of hydrogen-bond donors (Lipinski definition) is 1. The summed E-state index contributed by atoms with van der Waals surface area (Å²) in [7, 11) is 0. The van der Waals surface area contributed by atoms with Crippen molar-refractivity contribution in [3.63, 3.8) is 0 Å². The third kappa shape index (κ3) is 2.03. The molecule has 0 aliphatic carbocycles. The highest BCUT2D eigenvalue weighted by molar-refractivity contribution is 5.44. The third-order valence-electron chi connectivity index (χ3n) is 1.49. The number of rotatable bonds is 4. The summed E-state index contributed by atoms with van der Waals surface area (Å²) < 4.78 is 0. The standard InChI is InChI=1S/C8H11N3O/c9-6-7-11(10-12)8-4-2-1-3-5-8/h1-5H,6-7,9H2. The summed E-state index contributed by atoms with van der Waals surface area (Å²) in [4.78, 5) is 10.3. The first-order valence-electron chi connectivity index (χ1n) is 3.74. The van der Waals surface area contributed by atoms with Crippen molar-refractivity contribution in [2.45, 2.75) is 0 Å². The Morgan fingerprint density at radius 3 is 2.50 bits per heavy atom. The van der Waals surface area contributed by atoms with Crippen molar-refractivity contribution < 1.29 is 0 Å². The van der Waals surface area contributed by atoms with Crippen LogP contribution in [0.4, 0.5) is 5.69 Å². The number of nitrogens with zero attached hydrogens (tertiary/aromatic N) is 2. The molecule has 0 spiro atoms. The molecule has 0 heterocycles. The Morgan fingerprint density at radius 1 is 1.33 bits per heavy atom. The Balaban J connectivity index is 2.73. The second kappa shape index (κ2) is 4.46. The molecule has 0 radical (unpaired) electrons. The number of para-hydroxylation sites is 1. The molecule has 1 aromatic rings. The molecule has 0 saturated heterocycles. The lowest BCUT2D eigenvalue weighted by molar-refractivity contribution is 0.828. The lowest BCUT2D eigenvalue weighted by atomic mass is 10.3. The van der Waals surface area contributed by atoms with Crippen LogP contribution in [0.15, 0.2) is 35.6 Å². The number of hydrogen-bond acceptors (Lipinski definition) is 3. The lowest BCUT2D eigenvalue weighted by Gasteiger charge is -2.12. The zero-order valence-electron chi connectivity index (χ0n) is 6.68. The molecular weight excluding hydrogens is 154 g/mol. The van der Waals surface area contributed by atoms with Gasteiger partial charge in [-0.3, -0.25) is 0 Å². The minimum absolute atomic E-state index is 0.417. The van der Waals surface area contributed by atoms with E-state index in [9.17, 15) is 4.91 Å². The van der Waals surface area contributed by atoms with Crippen molar-refractivity contribution in [2.24, 2.45) is 11.0 Å². The van der Waals surface area contributed by atoms with Gasteiger partial charge in [-0.15, -0.1) is 4.91 Å². The Morgan fingerprint density at radius 2 is 2.00 bits per heavy atom. The molecule has 0 aliphatic heterocycles. The molecule has 2 N–H and O–H groups in total. The Kier molecular flexibility index (Phi) is 3.22. The number of nitroso groups, excluding NO2 is 1. The first-order valence-corrected chi connectivity index (χ1v) is 3.74. The largest absolute Gasteiger partial charge is 0.329 e. The molecule has 0 unspecified atom stereocenters. The van der Waals surface area contributed by atoms with Crippen LogP contribution < -0.4 is 10.7 Å². The van der Waals surface area contributed by atoms with E-state index in [1.165, 1.54) is 5.01 Å². The minimum atomic E-state index is 0.417. The van der Waals surface area contributed by atoms with Gasteiger partial charge in [-0.25, -0.2) is 5.01 Å². The van der Waals surface area contributed by atoms with E-state index in [2.05, 4.69) is 5.29 Å². The molecule has 0 aliphatic rings. The van der Waals surface area contributed by atoms with Gasteiger partial charge in [0.2, 0.25) is 0 Å². The molecule has 0 bridgehead atoms. The maximum absolute atomic E-state index is 10.3. The van der Waals surface area contributed by atoms with E-state index in [0.717, 1.165) is 5.69 Å². The van der Waals surface area contributed by atoms with E-state index >= 15 is 0 Å². The van der Waals surface area contributed by atoms with E-state index in [1.807, 2.05) is 30.3 Å². The summed E-state index contributed by atoms with van der Waals surface area (Å²) in [6.45, 7) is 0.869. The highest BCUT2D eigenvalue weighted by Crippen LogP contribution is 2.11. The van der Waals surface area contributed by atoms with Gasteiger partial charge in [-0.2, -0.15) is 0 Å². The summed E-state index contributed by atoms with van der Waals surface area (Å²) in [5.74, 6) is 0. The van der Waals surface area contributed by atoms with Gasteiger partial charge in [0.15, 0.2) is 0 Å². The second-order valence-electron chi connectivity index (χ2n) is 2.33. The molecule has 0 aromatic heterocycles. The highest BCUT2D eigenvalue weighted by Gasteiger charge is 2.02. The van der Waals surface area contributed by atoms with Crippen molar-refractivity contribution in [1.29, 1.82) is 0 Å². The smallest absolute Gasteiger partial charge is 0.0626 e. The molecule has 1 rings (SSSR count). The lowest BCUT2D eigenvalue weighted by Crippen LogP contribution is -2.23. The van der Waals surface area contributed by atoms with Crippen LogP contribution in [0.1, 0.15) is 0 Å². The van der Waals surface area contributed by atoms with Crippen LogP contribution in [-0.4, -0.2) is 13.1 Å². The predicted molar refractivity (Wildman–Crippen MR) is 48.6 cm³/mol. The molecule has 4 nitrogen and oxygen atoms in total. The van der Waals surface area contributed by atoms with Crippen molar-refractivity contribution in [2.75, 3.05) is 18.1 Å². The van der Waals surface area contributed by atoms with Crippen LogP contribution in [-0.2, 0) is 0 Å². The quantitative estimate of drug-likeness (QED) is 0.537. The maximum atomic E-state index is 10.3. The molecule has 4 heteroatoms. The summed E-state index contributed by atoms with van der Waals surface area (Å²) in [6.07, 6.45) is 0. The Hall–Kier alpha value is -1.42. The molecule has 0 amide bonds. The summed E-state index contributed by atoms with van der Waals surface area (Å²) in [6, 6.07) is 9.22. The fourth-order valence-corrected chi connectivity index (χ4v) is 0.939. The van der Waals surface area contributed by atoms with Crippen LogP contribution in [0.25, 0.3) is 0 Å². The predicted octanol–water partition coefficient (Wildman–Crippen LogP) is 1.13. The normalized spacial score (nSPS) is 9.42. The molecule has 12 heavy (non-hydrogen) atoms. The van der Waals surface area contributed by atoms with Gasteiger partial charge >= 0.3 is 0 Å². The zero-order valence-corrected chi connectivity index (χ0v) is 6.68. The summed E-state index contributed by atoms with van der Waals surface area (Å²) in [5.41, 5.74) is 6.08. The van der Waals surface area contributed by atoms with Crippen LogP contribution >= 0.6 is 0 Å². The number of benzene rings is 1. The topological polar surface area (TPSA) is 58.7 Å². The third-order valence-corrected chi connectivity index (χ3v) is 1.49. The molecule has 0 atom stereocenters. The van der Waals surface area contributed by atoms with Crippen LogP contribution in [0.5, 0.6) is 0 Å². The summed E-state index contributed by atoms with van der Waals surface area (Å²) in [5, 5.41) is 4.18. The van der Waals surface area contributed by atoms with Crippen LogP contribution in [0.2, 0.25) is 0 Å². The highest BCUT2D eigenvalue weighted by atomic mass is 16.3. The fraction of sp³-hybridized carbons (Fsp3) is 0.250. The maximum Gasteiger partial charge on any atom is 0.0626 e. The first kappa shape index (κ1) is 8.67. The fourth-order valence-electron chi connectivity index (χ4n) is 0.939. The van der Waals surface area contributed by atoms with Gasteiger partial charge in [0.1, 0.15) is 0 Å². The molecule has 64 valence electrons. The van der Waals surface area contributed by atoms with Crippen molar-refractivity contribution >= 4 is 5.69 Å². The second-order valence-corrected chi connectivity index (χ2v) is 2.33. The van der Waals surface area contributed by atoms with Gasteiger partial charge in [0.25, 0.3) is 0 Å². The Bertz CT molecular complexity index is 237. The van der Waals surface area contributed by atoms with Gasteiger partial charge in [-0.05, 0) is 12.1 Å². The van der Waals surface area contributed by atoms with E-state index in [-0.39, 0.29) is 0 Å². The van der Waals surface area contributed by atoms with Crippen molar-refractivity contribution in [3.05, 3.63) is 35.2 Å². The average Bonchev–Trinajstić information content (AvgIpc) is 2.15. The van der Waals surface area contributed by atoms with E-state index in [4.69, 9.17) is 5.73 Å². The number of nitrogens with two attached hydrogens (primary N) is 1. The van der Waals surface area contributed by atoms with E-state index in [1.54, 1.807) is 0 Å². The Labute approximate surface area is 70.9 Å². The SMILES string of the molecule is NCCN(N=O)c1ccccc1. The van der Waals surface area contributed by atoms with Gasteiger partial charge < -0.3 is 5.73 Å². The minimum Gasteiger partial charge on any atom is -0.329 e. The van der Waals surface area contributed by atoms with Crippen molar-refractivity contribution in [3.8, 4) is 0 Å². The molecule has 0 fully saturated rings. The van der Waals surface area contributed by atoms with Crippen LogP contribution in [0.3, 0.4) is 0 Å². The molecule has 1 aromatic carbocycles. The average molecular weight is 165 g/mol. The molecule has 0 saturated carbocycles. The number of anilines is 1. The van der Waals surface area contributed by atoms with E-state index < -0.39 is 0 Å².